The van der Waals surface area contributed by atoms with Gasteiger partial charge in [0, 0.05) is 11.5 Å². The average Bonchev–Trinajstić information content (AvgIpc) is 2.27. The summed E-state index contributed by atoms with van der Waals surface area (Å²) in [6.45, 7) is 8.05. The molecule has 0 heterocycles. The average molecular weight is 249 g/mol. The maximum atomic E-state index is 11.6. The van der Waals surface area contributed by atoms with Crippen LogP contribution >= 0.6 is 0 Å². The second kappa shape index (κ2) is 5.53. The Kier molecular flexibility index (Phi) is 4.52. The fourth-order valence-electron chi connectivity index (χ4n) is 2.20. The summed E-state index contributed by atoms with van der Waals surface area (Å²) in [5.41, 5.74) is 9.16. The summed E-state index contributed by atoms with van der Waals surface area (Å²) in [5.74, 6) is -0.228. The molecule has 1 aromatic carbocycles. The molecule has 0 aliphatic rings. The molecule has 100 valence electrons. The first-order valence-corrected chi connectivity index (χ1v) is 6.21. The molecule has 0 bridgehead atoms. The van der Waals surface area contributed by atoms with Gasteiger partial charge in [0.25, 0.3) is 0 Å². The van der Waals surface area contributed by atoms with Crippen molar-refractivity contribution in [3.05, 3.63) is 34.9 Å². The Morgan fingerprint density at radius 1 is 1.33 bits per heavy atom. The van der Waals surface area contributed by atoms with Gasteiger partial charge in [-0.3, -0.25) is 4.79 Å². The summed E-state index contributed by atoms with van der Waals surface area (Å²) in [4.78, 5) is 11.6. The summed E-state index contributed by atoms with van der Waals surface area (Å²) in [6, 6.07) is 6.18. The van der Waals surface area contributed by atoms with Crippen molar-refractivity contribution in [3.63, 3.8) is 0 Å². The van der Waals surface area contributed by atoms with Crippen LogP contribution in [0.25, 0.3) is 0 Å². The van der Waals surface area contributed by atoms with Crippen molar-refractivity contribution in [2.45, 2.75) is 45.6 Å². The van der Waals surface area contributed by atoms with Gasteiger partial charge in [0.15, 0.2) is 0 Å². The van der Waals surface area contributed by atoms with E-state index in [1.807, 2.05) is 13.8 Å². The summed E-state index contributed by atoms with van der Waals surface area (Å²) in [6.07, 6.45) is 0.296. The normalized spacial score (nSPS) is 15.9. The third-order valence-corrected chi connectivity index (χ3v) is 3.63. The van der Waals surface area contributed by atoms with Crippen LogP contribution in [0.5, 0.6) is 0 Å². The molecular formula is C15H23NO2. The van der Waals surface area contributed by atoms with E-state index in [2.05, 4.69) is 32.0 Å². The second-order valence-electron chi connectivity index (χ2n) is 5.34. The van der Waals surface area contributed by atoms with E-state index < -0.39 is 5.41 Å². The van der Waals surface area contributed by atoms with Crippen LogP contribution in [-0.2, 0) is 14.9 Å². The number of carbonyl (C=O) groups is 1. The molecule has 2 N–H and O–H groups in total. The zero-order valence-electron chi connectivity index (χ0n) is 11.9. The Balaban J connectivity index is 3.22. The number of carbonyl (C=O) groups excluding carboxylic acids is 1. The van der Waals surface area contributed by atoms with Gasteiger partial charge < -0.3 is 10.5 Å². The van der Waals surface area contributed by atoms with Gasteiger partial charge in [0.05, 0.1) is 13.5 Å². The van der Waals surface area contributed by atoms with Gasteiger partial charge in [-0.25, -0.2) is 0 Å². The molecule has 0 amide bonds. The summed E-state index contributed by atoms with van der Waals surface area (Å²) >= 11 is 0. The highest BCUT2D eigenvalue weighted by atomic mass is 16.5. The van der Waals surface area contributed by atoms with Crippen molar-refractivity contribution in [1.82, 2.24) is 0 Å². The number of methoxy groups -OCH3 is 1. The minimum atomic E-state index is -0.399. The largest absolute Gasteiger partial charge is 0.469 e. The molecule has 18 heavy (non-hydrogen) atoms. The maximum Gasteiger partial charge on any atom is 0.306 e. The number of rotatable bonds is 4. The highest BCUT2D eigenvalue weighted by Gasteiger charge is 2.34. The summed E-state index contributed by atoms with van der Waals surface area (Å²) in [5, 5.41) is 0. The van der Waals surface area contributed by atoms with E-state index in [0.29, 0.717) is 6.42 Å². The van der Waals surface area contributed by atoms with E-state index in [-0.39, 0.29) is 12.0 Å². The first-order chi connectivity index (χ1) is 8.29. The topological polar surface area (TPSA) is 52.3 Å². The van der Waals surface area contributed by atoms with Gasteiger partial charge in [-0.1, -0.05) is 36.2 Å². The summed E-state index contributed by atoms with van der Waals surface area (Å²) < 4.78 is 4.78. The lowest BCUT2D eigenvalue weighted by atomic mass is 9.73. The maximum absolute atomic E-state index is 11.6. The van der Waals surface area contributed by atoms with Crippen molar-refractivity contribution in [3.8, 4) is 0 Å². The van der Waals surface area contributed by atoms with Gasteiger partial charge in [0.1, 0.15) is 0 Å². The van der Waals surface area contributed by atoms with Gasteiger partial charge in [-0.15, -0.1) is 0 Å². The standard InChI is InChI=1S/C15H23NO2/c1-10-6-11(2)8-13(7-10)15(4,12(3)16)9-14(17)18-5/h6-8,12H,9,16H2,1-5H3. The van der Waals surface area contributed by atoms with Crippen LogP contribution < -0.4 is 5.73 Å². The Labute approximate surface area is 109 Å². The predicted octanol–water partition coefficient (Wildman–Crippen LogP) is 2.47. The first kappa shape index (κ1) is 14.7. The van der Waals surface area contributed by atoms with Crippen LogP contribution in [0.4, 0.5) is 0 Å². The fraction of sp³-hybridized carbons (Fsp3) is 0.533. The van der Waals surface area contributed by atoms with Crippen LogP contribution in [0, 0.1) is 13.8 Å². The smallest absolute Gasteiger partial charge is 0.306 e. The molecule has 0 radical (unpaired) electrons. The van der Waals surface area contributed by atoms with Crippen LogP contribution in [0.1, 0.15) is 37.0 Å². The monoisotopic (exact) mass is 249 g/mol. The van der Waals surface area contributed by atoms with Crippen molar-refractivity contribution in [2.24, 2.45) is 5.73 Å². The molecule has 3 heteroatoms. The lowest BCUT2D eigenvalue weighted by Gasteiger charge is -2.33. The molecule has 0 saturated carbocycles. The lowest BCUT2D eigenvalue weighted by Crippen LogP contribution is -2.43. The van der Waals surface area contributed by atoms with E-state index in [1.54, 1.807) is 0 Å². The third kappa shape index (κ3) is 3.10. The van der Waals surface area contributed by atoms with E-state index in [1.165, 1.54) is 18.2 Å². The molecule has 1 aromatic rings. The van der Waals surface area contributed by atoms with Crippen molar-refractivity contribution >= 4 is 5.97 Å². The van der Waals surface area contributed by atoms with E-state index >= 15 is 0 Å². The summed E-state index contributed by atoms with van der Waals surface area (Å²) in [7, 11) is 1.41. The molecule has 3 nitrogen and oxygen atoms in total. The molecule has 0 fully saturated rings. The molecule has 0 aromatic heterocycles. The van der Waals surface area contributed by atoms with Crippen LogP contribution in [-0.4, -0.2) is 19.1 Å². The number of nitrogens with two attached hydrogens (primary N) is 1. The number of hydrogen-bond acceptors (Lipinski definition) is 3. The molecule has 0 aliphatic heterocycles. The number of benzene rings is 1. The molecule has 0 saturated heterocycles. The van der Waals surface area contributed by atoms with Gasteiger partial charge in [-0.2, -0.15) is 0 Å². The predicted molar refractivity (Wildman–Crippen MR) is 73.6 cm³/mol. The lowest BCUT2D eigenvalue weighted by molar-refractivity contribution is -0.142. The third-order valence-electron chi connectivity index (χ3n) is 3.63. The Bertz CT molecular complexity index is 420. The quantitative estimate of drug-likeness (QED) is 0.834. The zero-order chi connectivity index (χ0) is 13.9. The SMILES string of the molecule is COC(=O)CC(C)(c1cc(C)cc(C)c1)C(C)N. The van der Waals surface area contributed by atoms with Crippen molar-refractivity contribution in [2.75, 3.05) is 7.11 Å². The second-order valence-corrected chi connectivity index (χ2v) is 5.34. The molecule has 2 atom stereocenters. The minimum absolute atomic E-state index is 0.127. The van der Waals surface area contributed by atoms with Gasteiger partial charge in [0.2, 0.25) is 0 Å². The van der Waals surface area contributed by atoms with Crippen LogP contribution in [0.2, 0.25) is 0 Å². The van der Waals surface area contributed by atoms with Crippen molar-refractivity contribution in [1.29, 1.82) is 0 Å². The van der Waals surface area contributed by atoms with Crippen LogP contribution in [0.3, 0.4) is 0 Å². The van der Waals surface area contributed by atoms with Crippen molar-refractivity contribution < 1.29 is 9.53 Å². The number of esters is 1. The Morgan fingerprint density at radius 3 is 2.22 bits per heavy atom. The fourth-order valence-corrected chi connectivity index (χ4v) is 2.20. The molecular weight excluding hydrogens is 226 g/mol. The molecule has 0 aliphatic carbocycles. The number of hydrogen-bond donors (Lipinski definition) is 1. The highest BCUT2D eigenvalue weighted by molar-refractivity contribution is 5.71. The van der Waals surface area contributed by atoms with Gasteiger partial charge in [-0.05, 0) is 26.3 Å². The Hall–Kier alpha value is -1.35. The van der Waals surface area contributed by atoms with Crippen LogP contribution in [0.15, 0.2) is 18.2 Å². The van der Waals surface area contributed by atoms with Gasteiger partial charge >= 0.3 is 5.97 Å². The van der Waals surface area contributed by atoms with E-state index in [0.717, 1.165) is 5.56 Å². The zero-order valence-corrected chi connectivity index (χ0v) is 11.9. The number of aryl methyl sites for hydroxylation is 2. The molecule has 0 spiro atoms. The Morgan fingerprint density at radius 2 is 1.83 bits per heavy atom. The minimum Gasteiger partial charge on any atom is -0.469 e. The first-order valence-electron chi connectivity index (χ1n) is 6.21. The van der Waals surface area contributed by atoms with E-state index in [9.17, 15) is 4.79 Å². The molecule has 1 rings (SSSR count). The molecule has 2 unspecified atom stereocenters. The van der Waals surface area contributed by atoms with E-state index in [4.69, 9.17) is 10.5 Å². The highest BCUT2D eigenvalue weighted by Crippen LogP contribution is 2.32. The number of ether oxygens (including phenoxy) is 1.